The number of urea groups is 1. The molecule has 5 heteroatoms. The zero-order valence-electron chi connectivity index (χ0n) is 10.0. The molecule has 1 aliphatic rings. The number of carbonyl (C=O) groups excluding carboxylic acids is 1. The number of benzene rings is 1. The second-order valence-corrected chi connectivity index (χ2v) is 4.86. The quantitative estimate of drug-likeness (QED) is 0.734. The zero-order chi connectivity index (χ0) is 13.1. The molecule has 0 bridgehead atoms. The number of anilines is 1. The molecule has 1 aliphatic carbocycles. The van der Waals surface area contributed by atoms with Gasteiger partial charge < -0.3 is 15.7 Å². The van der Waals surface area contributed by atoms with Crippen LogP contribution in [0.15, 0.2) is 30.0 Å². The molecule has 3 N–H and O–H groups in total. The van der Waals surface area contributed by atoms with Crippen molar-refractivity contribution < 1.29 is 9.90 Å². The minimum atomic E-state index is -0.396. The summed E-state index contributed by atoms with van der Waals surface area (Å²) < 4.78 is 0. The molecule has 1 saturated carbocycles. The molecular formula is C13H15ClN2O2. The van der Waals surface area contributed by atoms with Gasteiger partial charge in [0.05, 0.1) is 5.69 Å². The van der Waals surface area contributed by atoms with Gasteiger partial charge in [-0.15, -0.1) is 0 Å². The number of aromatic hydroxyl groups is 1. The number of halogens is 1. The highest BCUT2D eigenvalue weighted by Crippen LogP contribution is 2.35. The topological polar surface area (TPSA) is 61.4 Å². The highest BCUT2D eigenvalue weighted by Gasteiger charge is 2.22. The lowest BCUT2D eigenvalue weighted by Crippen LogP contribution is -2.24. The fraction of sp³-hybridized carbons (Fsp3) is 0.308. The lowest BCUT2D eigenvalue weighted by molar-refractivity contribution is 0.255. The van der Waals surface area contributed by atoms with E-state index in [9.17, 15) is 9.90 Å². The van der Waals surface area contributed by atoms with Crippen LogP contribution in [0, 0.1) is 5.92 Å². The number of rotatable bonds is 3. The molecule has 0 heterocycles. The SMILES string of the molecule is C/C(=C\NC(=O)Nc1cc(Cl)ccc1O)C1CC1. The maximum absolute atomic E-state index is 11.6. The van der Waals surface area contributed by atoms with Gasteiger partial charge >= 0.3 is 6.03 Å². The first-order valence-corrected chi connectivity index (χ1v) is 6.17. The summed E-state index contributed by atoms with van der Waals surface area (Å²) in [5.41, 5.74) is 1.46. The Kier molecular flexibility index (Phi) is 3.77. The normalized spacial score (nSPS) is 15.3. The van der Waals surface area contributed by atoms with Crippen LogP contribution in [0.2, 0.25) is 5.02 Å². The Hall–Kier alpha value is -1.68. The molecule has 0 unspecified atom stereocenters. The number of hydrogen-bond acceptors (Lipinski definition) is 2. The molecule has 18 heavy (non-hydrogen) atoms. The summed E-state index contributed by atoms with van der Waals surface area (Å²) in [7, 11) is 0. The second-order valence-electron chi connectivity index (χ2n) is 4.42. The number of hydrogen-bond donors (Lipinski definition) is 3. The van der Waals surface area contributed by atoms with Crippen LogP contribution in [-0.2, 0) is 0 Å². The van der Waals surface area contributed by atoms with Crippen LogP contribution in [0.25, 0.3) is 0 Å². The van der Waals surface area contributed by atoms with E-state index >= 15 is 0 Å². The van der Waals surface area contributed by atoms with Crippen LogP contribution in [0.3, 0.4) is 0 Å². The van der Waals surface area contributed by atoms with E-state index in [-0.39, 0.29) is 11.4 Å². The zero-order valence-corrected chi connectivity index (χ0v) is 10.8. The molecule has 1 aromatic carbocycles. The fourth-order valence-electron chi connectivity index (χ4n) is 1.60. The van der Waals surface area contributed by atoms with Gasteiger partial charge in [-0.1, -0.05) is 17.2 Å². The summed E-state index contributed by atoms with van der Waals surface area (Å²) >= 11 is 5.78. The monoisotopic (exact) mass is 266 g/mol. The summed E-state index contributed by atoms with van der Waals surface area (Å²) in [6, 6.07) is 4.08. The maximum Gasteiger partial charge on any atom is 0.323 e. The third-order valence-electron chi connectivity index (χ3n) is 2.86. The predicted molar refractivity (Wildman–Crippen MR) is 71.8 cm³/mol. The summed E-state index contributed by atoms with van der Waals surface area (Å²) in [6.45, 7) is 1.99. The Labute approximate surface area is 111 Å². The molecule has 0 saturated heterocycles. The molecule has 2 rings (SSSR count). The van der Waals surface area contributed by atoms with Crippen molar-refractivity contribution in [1.29, 1.82) is 0 Å². The second kappa shape index (κ2) is 5.31. The van der Waals surface area contributed by atoms with Gasteiger partial charge in [0.15, 0.2) is 0 Å². The first kappa shape index (κ1) is 12.8. The number of nitrogens with one attached hydrogen (secondary N) is 2. The molecular weight excluding hydrogens is 252 g/mol. The summed E-state index contributed by atoms with van der Waals surface area (Å²) in [6.07, 6.45) is 4.09. The van der Waals surface area contributed by atoms with Crippen molar-refractivity contribution in [3.8, 4) is 5.75 Å². The van der Waals surface area contributed by atoms with Crippen molar-refractivity contribution in [2.45, 2.75) is 19.8 Å². The minimum Gasteiger partial charge on any atom is -0.506 e. The summed E-state index contributed by atoms with van der Waals surface area (Å²) in [4.78, 5) is 11.6. The van der Waals surface area contributed by atoms with E-state index < -0.39 is 6.03 Å². The Morgan fingerprint density at radius 3 is 2.89 bits per heavy atom. The van der Waals surface area contributed by atoms with Crippen molar-refractivity contribution in [2.75, 3.05) is 5.32 Å². The molecule has 0 atom stereocenters. The van der Waals surface area contributed by atoms with Crippen LogP contribution < -0.4 is 10.6 Å². The van der Waals surface area contributed by atoms with Gasteiger partial charge in [-0.05, 0) is 43.9 Å². The van der Waals surface area contributed by atoms with E-state index in [0.717, 1.165) is 0 Å². The molecule has 0 spiro atoms. The minimum absolute atomic E-state index is 0.0163. The third-order valence-corrected chi connectivity index (χ3v) is 3.09. The van der Waals surface area contributed by atoms with Crippen molar-refractivity contribution in [3.05, 3.63) is 35.0 Å². The highest BCUT2D eigenvalue weighted by atomic mass is 35.5. The van der Waals surface area contributed by atoms with Crippen LogP contribution in [0.5, 0.6) is 5.75 Å². The van der Waals surface area contributed by atoms with Crippen LogP contribution in [-0.4, -0.2) is 11.1 Å². The van der Waals surface area contributed by atoms with Crippen LogP contribution in [0.4, 0.5) is 10.5 Å². The average Bonchev–Trinajstić information content (AvgIpc) is 3.15. The molecule has 96 valence electrons. The van der Waals surface area contributed by atoms with Gasteiger partial charge in [0, 0.05) is 11.2 Å². The number of amides is 2. The fourth-order valence-corrected chi connectivity index (χ4v) is 1.77. The van der Waals surface area contributed by atoms with Crippen LogP contribution >= 0.6 is 11.6 Å². The Bertz CT molecular complexity index is 496. The van der Waals surface area contributed by atoms with Crippen molar-refractivity contribution in [3.63, 3.8) is 0 Å². The molecule has 1 fully saturated rings. The Morgan fingerprint density at radius 2 is 2.22 bits per heavy atom. The van der Waals surface area contributed by atoms with Gasteiger partial charge in [0.2, 0.25) is 0 Å². The van der Waals surface area contributed by atoms with Crippen molar-refractivity contribution in [1.82, 2.24) is 5.32 Å². The van der Waals surface area contributed by atoms with Gasteiger partial charge in [-0.3, -0.25) is 0 Å². The number of allylic oxidation sites excluding steroid dienone is 1. The van der Waals surface area contributed by atoms with E-state index in [0.29, 0.717) is 10.9 Å². The lowest BCUT2D eigenvalue weighted by atomic mass is 10.2. The molecule has 2 amide bonds. The predicted octanol–water partition coefficient (Wildman–Crippen LogP) is 3.48. The first-order chi connectivity index (χ1) is 8.56. The Morgan fingerprint density at radius 1 is 1.50 bits per heavy atom. The van der Waals surface area contributed by atoms with Gasteiger partial charge in [-0.25, -0.2) is 4.79 Å². The van der Waals surface area contributed by atoms with Crippen molar-refractivity contribution >= 4 is 23.3 Å². The van der Waals surface area contributed by atoms with Crippen LogP contribution in [0.1, 0.15) is 19.8 Å². The maximum atomic E-state index is 11.6. The standard InChI is InChI=1S/C13H15ClN2O2/c1-8(9-2-3-9)7-15-13(18)16-11-6-10(14)4-5-12(11)17/h4-7,9,17H,2-3H2,1H3,(H2,15,16,18)/b8-7+. The smallest absolute Gasteiger partial charge is 0.323 e. The largest absolute Gasteiger partial charge is 0.506 e. The summed E-state index contributed by atoms with van der Waals surface area (Å²) in [5, 5.41) is 15.2. The van der Waals surface area contributed by atoms with Gasteiger partial charge in [0.25, 0.3) is 0 Å². The first-order valence-electron chi connectivity index (χ1n) is 5.79. The Balaban J connectivity index is 1.94. The van der Waals surface area contributed by atoms with E-state index in [2.05, 4.69) is 10.6 Å². The number of carbonyl (C=O) groups is 1. The van der Waals surface area contributed by atoms with E-state index in [1.54, 1.807) is 12.3 Å². The van der Waals surface area contributed by atoms with Gasteiger partial charge in [-0.2, -0.15) is 0 Å². The van der Waals surface area contributed by atoms with E-state index in [1.807, 2.05) is 6.92 Å². The molecule has 1 aromatic rings. The van der Waals surface area contributed by atoms with Crippen molar-refractivity contribution in [2.24, 2.45) is 5.92 Å². The lowest BCUT2D eigenvalue weighted by Gasteiger charge is -2.07. The van der Waals surface area contributed by atoms with E-state index in [1.165, 1.54) is 30.5 Å². The number of phenolic OH excluding ortho intramolecular Hbond substituents is 1. The molecule has 0 aromatic heterocycles. The highest BCUT2D eigenvalue weighted by molar-refractivity contribution is 6.31. The molecule has 4 nitrogen and oxygen atoms in total. The average molecular weight is 267 g/mol. The van der Waals surface area contributed by atoms with Gasteiger partial charge in [0.1, 0.15) is 5.75 Å². The third kappa shape index (κ3) is 3.40. The number of phenols is 1. The van der Waals surface area contributed by atoms with E-state index in [4.69, 9.17) is 11.6 Å². The molecule has 0 radical (unpaired) electrons. The summed E-state index contributed by atoms with van der Waals surface area (Å²) in [5.74, 6) is 0.599. The molecule has 0 aliphatic heterocycles.